The van der Waals surface area contributed by atoms with E-state index in [0.29, 0.717) is 12.3 Å². The van der Waals surface area contributed by atoms with Crippen molar-refractivity contribution in [1.29, 1.82) is 0 Å². The minimum absolute atomic E-state index is 0.196. The molecule has 0 saturated carbocycles. The fourth-order valence-corrected chi connectivity index (χ4v) is 3.25. The molecular weight excluding hydrogens is 242 g/mol. The van der Waals surface area contributed by atoms with Gasteiger partial charge in [0.25, 0.3) is 0 Å². The van der Waals surface area contributed by atoms with Gasteiger partial charge in [-0.05, 0) is 29.5 Å². The molecular formula is C11H10BrNO. The van der Waals surface area contributed by atoms with Crippen LogP contribution < -0.4 is 5.32 Å². The van der Waals surface area contributed by atoms with E-state index in [0.717, 1.165) is 10.9 Å². The lowest BCUT2D eigenvalue weighted by Crippen LogP contribution is -2.18. The molecule has 2 unspecified atom stereocenters. The molecule has 1 aliphatic carbocycles. The maximum Gasteiger partial charge on any atom is 0.220 e. The number of carbonyl (C=O) groups is 1. The number of benzene rings is 1. The second kappa shape index (κ2) is 2.83. The zero-order valence-electron chi connectivity index (χ0n) is 7.59. The van der Waals surface area contributed by atoms with Gasteiger partial charge in [-0.3, -0.25) is 4.79 Å². The van der Waals surface area contributed by atoms with Crippen molar-refractivity contribution >= 4 is 21.8 Å². The van der Waals surface area contributed by atoms with E-state index < -0.39 is 0 Å². The number of halogens is 1. The Morgan fingerprint density at radius 1 is 1.36 bits per heavy atom. The van der Waals surface area contributed by atoms with Crippen LogP contribution in [0.2, 0.25) is 0 Å². The number of hydrogen-bond donors (Lipinski definition) is 1. The SMILES string of the molecule is O=C1CC2Cc3cccc(Br)c3C2N1. The molecule has 1 aromatic rings. The van der Waals surface area contributed by atoms with Gasteiger partial charge in [-0.1, -0.05) is 28.1 Å². The van der Waals surface area contributed by atoms with Gasteiger partial charge < -0.3 is 5.32 Å². The molecule has 3 rings (SSSR count). The summed E-state index contributed by atoms with van der Waals surface area (Å²) in [6, 6.07) is 6.52. The van der Waals surface area contributed by atoms with Crippen LogP contribution in [0, 0.1) is 5.92 Å². The molecule has 0 radical (unpaired) electrons. The third-order valence-electron chi connectivity index (χ3n) is 3.17. The predicted molar refractivity (Wildman–Crippen MR) is 56.8 cm³/mol. The predicted octanol–water partition coefficient (Wildman–Crippen LogP) is 2.18. The number of fused-ring (bicyclic) bond motifs is 3. The van der Waals surface area contributed by atoms with E-state index in [2.05, 4.69) is 33.4 Å². The molecule has 14 heavy (non-hydrogen) atoms. The van der Waals surface area contributed by atoms with Crippen LogP contribution in [-0.4, -0.2) is 5.91 Å². The Labute approximate surface area is 90.8 Å². The Morgan fingerprint density at radius 3 is 3.07 bits per heavy atom. The highest BCUT2D eigenvalue weighted by Crippen LogP contribution is 2.44. The van der Waals surface area contributed by atoms with E-state index in [4.69, 9.17) is 0 Å². The Hall–Kier alpha value is -0.830. The Kier molecular flexibility index (Phi) is 1.71. The number of nitrogens with one attached hydrogen (secondary N) is 1. The van der Waals surface area contributed by atoms with E-state index >= 15 is 0 Å². The van der Waals surface area contributed by atoms with E-state index in [-0.39, 0.29) is 11.9 Å². The van der Waals surface area contributed by atoms with E-state index in [9.17, 15) is 4.79 Å². The number of rotatable bonds is 0. The van der Waals surface area contributed by atoms with Crippen LogP contribution in [-0.2, 0) is 11.2 Å². The zero-order chi connectivity index (χ0) is 9.71. The first-order chi connectivity index (χ1) is 6.75. The molecule has 1 N–H and O–H groups in total. The van der Waals surface area contributed by atoms with Crippen LogP contribution in [0.1, 0.15) is 23.6 Å². The molecule has 2 aliphatic rings. The molecule has 0 bridgehead atoms. The molecule has 1 heterocycles. The van der Waals surface area contributed by atoms with Crippen LogP contribution >= 0.6 is 15.9 Å². The molecule has 2 nitrogen and oxygen atoms in total. The minimum atomic E-state index is 0.196. The first-order valence-corrected chi connectivity index (χ1v) is 5.61. The van der Waals surface area contributed by atoms with Crippen molar-refractivity contribution < 1.29 is 4.79 Å². The monoisotopic (exact) mass is 251 g/mol. The first-order valence-electron chi connectivity index (χ1n) is 4.82. The van der Waals surface area contributed by atoms with E-state index in [1.54, 1.807) is 0 Å². The molecule has 72 valence electrons. The summed E-state index contributed by atoms with van der Waals surface area (Å²) in [5.74, 6) is 0.678. The van der Waals surface area contributed by atoms with Gasteiger partial charge >= 0.3 is 0 Å². The smallest absolute Gasteiger partial charge is 0.220 e. The van der Waals surface area contributed by atoms with Crippen molar-refractivity contribution in [2.75, 3.05) is 0 Å². The summed E-state index contributed by atoms with van der Waals surface area (Å²) in [7, 11) is 0. The minimum Gasteiger partial charge on any atom is -0.349 e. The maximum absolute atomic E-state index is 11.3. The van der Waals surface area contributed by atoms with Gasteiger partial charge in [0.15, 0.2) is 0 Å². The number of amides is 1. The molecule has 3 heteroatoms. The van der Waals surface area contributed by atoms with Crippen molar-refractivity contribution in [1.82, 2.24) is 5.32 Å². The number of carbonyl (C=O) groups excluding carboxylic acids is 1. The van der Waals surface area contributed by atoms with Crippen LogP contribution in [0.25, 0.3) is 0 Å². The van der Waals surface area contributed by atoms with Gasteiger partial charge in [0.05, 0.1) is 6.04 Å². The summed E-state index contributed by atoms with van der Waals surface area (Å²) in [6.45, 7) is 0. The summed E-state index contributed by atoms with van der Waals surface area (Å²) in [6.07, 6.45) is 1.73. The second-order valence-corrected chi connectivity index (χ2v) is 4.88. The molecule has 1 amide bonds. The van der Waals surface area contributed by atoms with E-state index in [1.165, 1.54) is 11.1 Å². The third kappa shape index (κ3) is 1.05. The lowest BCUT2D eigenvalue weighted by atomic mass is 10.0. The van der Waals surface area contributed by atoms with Gasteiger partial charge in [-0.15, -0.1) is 0 Å². The maximum atomic E-state index is 11.3. The summed E-state index contributed by atoms with van der Waals surface area (Å²) < 4.78 is 1.13. The van der Waals surface area contributed by atoms with Crippen molar-refractivity contribution in [3.63, 3.8) is 0 Å². The van der Waals surface area contributed by atoms with Gasteiger partial charge in [-0.2, -0.15) is 0 Å². The molecule has 0 spiro atoms. The van der Waals surface area contributed by atoms with Crippen LogP contribution in [0.5, 0.6) is 0 Å². The normalized spacial score (nSPS) is 28.5. The number of hydrogen-bond acceptors (Lipinski definition) is 1. The van der Waals surface area contributed by atoms with Crippen molar-refractivity contribution in [2.24, 2.45) is 5.92 Å². The summed E-state index contributed by atoms with van der Waals surface area (Å²) >= 11 is 3.55. The van der Waals surface area contributed by atoms with Gasteiger partial charge in [0, 0.05) is 10.9 Å². The molecule has 2 atom stereocenters. The average Bonchev–Trinajstić information content (AvgIpc) is 2.60. The largest absolute Gasteiger partial charge is 0.349 e. The quantitative estimate of drug-likeness (QED) is 0.753. The summed E-state index contributed by atoms with van der Waals surface area (Å²) in [5, 5.41) is 3.04. The molecule has 0 aromatic heterocycles. The van der Waals surface area contributed by atoms with Gasteiger partial charge in [-0.25, -0.2) is 0 Å². The molecule has 1 fully saturated rings. The fraction of sp³-hybridized carbons (Fsp3) is 0.364. The molecule has 1 aromatic carbocycles. The van der Waals surface area contributed by atoms with Gasteiger partial charge in [0.1, 0.15) is 0 Å². The van der Waals surface area contributed by atoms with Gasteiger partial charge in [0.2, 0.25) is 5.91 Å². The second-order valence-electron chi connectivity index (χ2n) is 4.03. The molecule has 1 aliphatic heterocycles. The summed E-state index contributed by atoms with van der Waals surface area (Å²) in [4.78, 5) is 11.3. The van der Waals surface area contributed by atoms with Crippen molar-refractivity contribution in [2.45, 2.75) is 18.9 Å². The topological polar surface area (TPSA) is 29.1 Å². The van der Waals surface area contributed by atoms with E-state index in [1.807, 2.05) is 6.07 Å². The Bertz CT molecular complexity index is 416. The Morgan fingerprint density at radius 2 is 2.21 bits per heavy atom. The van der Waals surface area contributed by atoms with Crippen molar-refractivity contribution in [3.05, 3.63) is 33.8 Å². The first kappa shape index (κ1) is 8.48. The average molecular weight is 252 g/mol. The third-order valence-corrected chi connectivity index (χ3v) is 3.86. The van der Waals surface area contributed by atoms with Crippen LogP contribution in [0.4, 0.5) is 0 Å². The zero-order valence-corrected chi connectivity index (χ0v) is 9.17. The highest BCUT2D eigenvalue weighted by molar-refractivity contribution is 9.10. The highest BCUT2D eigenvalue weighted by Gasteiger charge is 2.40. The van der Waals surface area contributed by atoms with Crippen LogP contribution in [0.3, 0.4) is 0 Å². The Balaban J connectivity index is 2.11. The highest BCUT2D eigenvalue weighted by atomic mass is 79.9. The summed E-state index contributed by atoms with van der Waals surface area (Å²) in [5.41, 5.74) is 2.68. The lowest BCUT2D eigenvalue weighted by molar-refractivity contribution is -0.119. The van der Waals surface area contributed by atoms with Crippen LogP contribution in [0.15, 0.2) is 22.7 Å². The fourth-order valence-electron chi connectivity index (χ4n) is 2.59. The standard InChI is InChI=1S/C11H10BrNO/c12-8-3-1-2-6-4-7-5-9(14)13-11(7)10(6)8/h1-3,7,11H,4-5H2,(H,13,14). The molecule has 1 saturated heterocycles. The lowest BCUT2D eigenvalue weighted by Gasteiger charge is -2.11. The van der Waals surface area contributed by atoms with Crippen molar-refractivity contribution in [3.8, 4) is 0 Å².